The van der Waals surface area contributed by atoms with E-state index in [0.29, 0.717) is 0 Å². The fourth-order valence-corrected chi connectivity index (χ4v) is 1.58. The molecule has 0 aromatic carbocycles. The molecule has 0 spiro atoms. The van der Waals surface area contributed by atoms with E-state index in [4.69, 9.17) is 0 Å². The molecule has 0 saturated heterocycles. The van der Waals surface area contributed by atoms with Gasteiger partial charge in [-0.1, -0.05) is 0 Å². The Morgan fingerprint density at radius 1 is 0.750 bits per heavy atom. The molecule has 28 heavy (non-hydrogen) atoms. The first kappa shape index (κ1) is 26.7. The van der Waals surface area contributed by atoms with Crippen molar-refractivity contribution in [3.63, 3.8) is 0 Å². The summed E-state index contributed by atoms with van der Waals surface area (Å²) in [7, 11) is -9.13. The third-order valence-corrected chi connectivity index (χ3v) is 2.86. The number of nitrogens with zero attached hydrogens (tertiary/aromatic N) is 2. The van der Waals surface area contributed by atoms with Gasteiger partial charge >= 0.3 is 56.9 Å². The van der Waals surface area contributed by atoms with Crippen molar-refractivity contribution in [2.45, 2.75) is 30.4 Å². The Morgan fingerprint density at radius 3 is 1.43 bits per heavy atom. The van der Waals surface area contributed by atoms with E-state index in [9.17, 15) is 64.7 Å². The van der Waals surface area contributed by atoms with Crippen molar-refractivity contribution in [2.24, 2.45) is 0 Å². The van der Waals surface area contributed by atoms with Gasteiger partial charge in [0.1, 0.15) is 0 Å². The third-order valence-electron chi connectivity index (χ3n) is 2.86. The molecule has 18 heteroatoms. The number of alkyl halides is 9. The Hall–Kier alpha value is -1.28. The first-order valence-electron chi connectivity index (χ1n) is 6.56. The van der Waals surface area contributed by atoms with Crippen molar-refractivity contribution < 1.29 is 64.7 Å². The summed E-state index contributed by atoms with van der Waals surface area (Å²) < 4.78 is 172. The van der Waals surface area contributed by atoms with Crippen LogP contribution in [0.5, 0.6) is 0 Å². The first-order chi connectivity index (χ1) is 11.7. The van der Waals surface area contributed by atoms with Gasteiger partial charge in [-0.3, -0.25) is 0 Å². The summed E-state index contributed by atoms with van der Waals surface area (Å²) in [6.07, 6.45) is -5.98. The van der Waals surface area contributed by atoms with Gasteiger partial charge in [-0.2, -0.15) is 39.5 Å². The van der Waals surface area contributed by atoms with Crippen LogP contribution in [0.2, 0.25) is 0 Å². The summed E-state index contributed by atoms with van der Waals surface area (Å²) in [5.74, 6) is -18.9. The fraction of sp³-hybridized carbons (Fsp3) is 0.800. The van der Waals surface area contributed by atoms with E-state index in [1.165, 1.54) is 24.3 Å². The van der Waals surface area contributed by atoms with Crippen LogP contribution in [0, 0.1) is 0 Å². The average Bonchev–Trinajstić information content (AvgIpc) is 2.77. The topological polar surface area (TPSA) is 6.48 Å². The second kappa shape index (κ2) is 6.62. The Labute approximate surface area is 146 Å². The van der Waals surface area contributed by atoms with Crippen LogP contribution in [0.3, 0.4) is 0 Å². The summed E-state index contributed by atoms with van der Waals surface area (Å²) in [6.45, 7) is -0.755. The van der Waals surface area contributed by atoms with Crippen LogP contribution >= 0.6 is 7.81 Å². The fourth-order valence-electron chi connectivity index (χ4n) is 1.58. The molecule has 0 atom stereocenters. The van der Waals surface area contributed by atoms with Crippen molar-refractivity contribution >= 4 is 7.81 Å². The molecule has 1 rings (SSSR count). The van der Waals surface area contributed by atoms with Gasteiger partial charge in [-0.05, 0) is 0 Å². The van der Waals surface area contributed by atoms with Gasteiger partial charge in [0.05, 0.1) is 6.67 Å². The number of rotatable bonds is 5. The van der Waals surface area contributed by atoms with Crippen LogP contribution in [-0.2, 0) is 0 Å². The van der Waals surface area contributed by atoms with Crippen molar-refractivity contribution in [2.75, 3.05) is 20.3 Å². The molecule has 0 amide bonds. The molecule has 0 saturated carbocycles. The SMILES string of the molecule is CN1C=CN(CCC(F)(F)C(F)(F)C(F)(F)C(F)(F)F)C1.F[P-](F)(F)(F)(F)F. The molecule has 1 heterocycles. The standard InChI is InChI=1S/C10H11F9N2.F6P/c1-20-4-5-21(6-20)3-2-7(11,12)8(13,14)9(15,16)10(17,18)19;1-7(2,3,4,5)6/h4-5H,2-3,6H2,1H3;/q;-1. The van der Waals surface area contributed by atoms with E-state index < -0.39 is 44.7 Å². The predicted molar refractivity (Wildman–Crippen MR) is 67.6 cm³/mol. The quantitative estimate of drug-likeness (QED) is 0.315. The Bertz CT molecular complexity index is 564. The Balaban J connectivity index is 0.000000887. The predicted octanol–water partition coefficient (Wildman–Crippen LogP) is 6.90. The Kier molecular flexibility index (Phi) is 6.32. The maximum atomic E-state index is 13.2. The van der Waals surface area contributed by atoms with E-state index in [0.717, 1.165) is 4.90 Å². The monoisotopic (exact) mass is 475 g/mol. The maximum absolute atomic E-state index is 13.2. The summed E-state index contributed by atoms with van der Waals surface area (Å²) in [6, 6.07) is 0. The van der Waals surface area contributed by atoms with Gasteiger partial charge in [0.2, 0.25) is 0 Å². The van der Waals surface area contributed by atoms with E-state index in [1.807, 2.05) is 0 Å². The second-order valence-corrected chi connectivity index (χ2v) is 7.48. The van der Waals surface area contributed by atoms with Crippen LogP contribution in [0.15, 0.2) is 12.4 Å². The van der Waals surface area contributed by atoms with Crippen LogP contribution in [-0.4, -0.2) is 54.0 Å². The molecule has 0 N–H and O–H groups in total. The molecule has 0 aromatic rings. The van der Waals surface area contributed by atoms with E-state index in [2.05, 4.69) is 0 Å². The molecular weight excluding hydrogens is 464 g/mol. The van der Waals surface area contributed by atoms with E-state index in [1.54, 1.807) is 0 Å². The third kappa shape index (κ3) is 8.39. The molecule has 2 nitrogen and oxygen atoms in total. The average molecular weight is 475 g/mol. The molecule has 172 valence electrons. The van der Waals surface area contributed by atoms with Crippen LogP contribution in [0.4, 0.5) is 64.7 Å². The number of halogens is 15. The Morgan fingerprint density at radius 2 is 1.14 bits per heavy atom. The molecule has 1 aliphatic heterocycles. The number of hydrogen-bond acceptors (Lipinski definition) is 2. The van der Waals surface area contributed by atoms with Gasteiger partial charge in [-0.15, -0.1) is 0 Å². The summed E-state index contributed by atoms with van der Waals surface area (Å²) in [5.41, 5.74) is 0. The summed E-state index contributed by atoms with van der Waals surface area (Å²) in [5, 5.41) is 0. The van der Waals surface area contributed by atoms with Gasteiger partial charge in [0.15, 0.2) is 0 Å². The van der Waals surface area contributed by atoms with Crippen LogP contribution < -0.4 is 0 Å². The molecule has 0 fully saturated rings. The van der Waals surface area contributed by atoms with Gasteiger partial charge in [-0.25, -0.2) is 0 Å². The molecule has 0 aliphatic carbocycles. The molecule has 0 aromatic heterocycles. The van der Waals surface area contributed by atoms with Gasteiger partial charge < -0.3 is 9.80 Å². The molecule has 0 radical (unpaired) electrons. The molecule has 0 unspecified atom stereocenters. The van der Waals surface area contributed by atoms with E-state index in [-0.39, 0.29) is 6.67 Å². The normalized spacial score (nSPS) is 19.1. The van der Waals surface area contributed by atoms with Gasteiger partial charge in [0, 0.05) is 32.4 Å². The first-order valence-corrected chi connectivity index (χ1v) is 8.59. The van der Waals surface area contributed by atoms with Gasteiger partial charge in [0.25, 0.3) is 0 Å². The zero-order chi connectivity index (χ0) is 23.1. The van der Waals surface area contributed by atoms with Crippen molar-refractivity contribution in [1.29, 1.82) is 0 Å². The van der Waals surface area contributed by atoms with Crippen LogP contribution in [0.25, 0.3) is 0 Å². The second-order valence-electron chi connectivity index (χ2n) is 5.57. The minimum atomic E-state index is -10.7. The summed E-state index contributed by atoms with van der Waals surface area (Å²) >= 11 is 0. The van der Waals surface area contributed by atoms with Crippen LogP contribution in [0.1, 0.15) is 6.42 Å². The molecular formula is C10H11F15N2P-. The molecule has 1 aliphatic rings. The minimum absolute atomic E-state index is 0.0390. The zero-order valence-electron chi connectivity index (χ0n) is 13.3. The zero-order valence-corrected chi connectivity index (χ0v) is 14.2. The van der Waals surface area contributed by atoms with Crippen molar-refractivity contribution in [3.8, 4) is 0 Å². The van der Waals surface area contributed by atoms with E-state index >= 15 is 0 Å². The van der Waals surface area contributed by atoms with Crippen molar-refractivity contribution in [3.05, 3.63) is 12.4 Å². The summed E-state index contributed by atoms with van der Waals surface area (Å²) in [4.78, 5) is 2.55. The molecule has 0 bridgehead atoms. The van der Waals surface area contributed by atoms with Crippen molar-refractivity contribution in [1.82, 2.24) is 9.80 Å². The number of hydrogen-bond donors (Lipinski definition) is 0.